The second kappa shape index (κ2) is 6.38. The van der Waals surface area contributed by atoms with E-state index in [-0.39, 0.29) is 11.9 Å². The molecule has 0 saturated heterocycles. The molecule has 1 atom stereocenters. The van der Waals surface area contributed by atoms with Gasteiger partial charge >= 0.3 is 0 Å². The van der Waals surface area contributed by atoms with Gasteiger partial charge in [-0.1, -0.05) is 0 Å². The minimum atomic E-state index is -0.267. The summed E-state index contributed by atoms with van der Waals surface area (Å²) in [4.78, 5) is 0. The molecule has 0 aliphatic carbocycles. The Hall–Kier alpha value is -1.08. The van der Waals surface area contributed by atoms with E-state index in [1.807, 2.05) is 19.1 Å². The molecule has 1 aromatic heterocycles. The lowest BCUT2D eigenvalue weighted by Crippen LogP contribution is -2.18. The molecule has 1 unspecified atom stereocenters. The number of hydrogen-bond donors (Lipinski definition) is 1. The third-order valence-corrected chi connectivity index (χ3v) is 3.45. The molecule has 0 fully saturated rings. The smallest absolute Gasteiger partial charge is 0.164 e. The van der Waals surface area contributed by atoms with Gasteiger partial charge < -0.3 is 14.5 Å². The molecule has 1 aromatic carbocycles. The van der Waals surface area contributed by atoms with Crippen LogP contribution in [0.2, 0.25) is 0 Å². The third-order valence-electron chi connectivity index (χ3n) is 2.87. The SMILES string of the molecule is COc1ccc(F)cc1C(C)NCc1ccc(I)o1. The maximum absolute atomic E-state index is 13.3. The standard InChI is InChI=1S/C14H15FINO2/c1-9(17-8-11-4-6-14(16)19-11)12-7-10(15)3-5-13(12)18-2/h3-7,9,17H,8H2,1-2H3. The topological polar surface area (TPSA) is 34.4 Å². The number of ether oxygens (including phenoxy) is 1. The maximum atomic E-state index is 13.3. The van der Waals surface area contributed by atoms with E-state index in [1.165, 1.54) is 12.1 Å². The van der Waals surface area contributed by atoms with Crippen LogP contribution in [0.15, 0.2) is 34.7 Å². The van der Waals surface area contributed by atoms with Gasteiger partial charge in [-0.2, -0.15) is 0 Å². The van der Waals surface area contributed by atoms with Crippen molar-refractivity contribution in [3.8, 4) is 5.75 Å². The first-order chi connectivity index (χ1) is 9.10. The minimum Gasteiger partial charge on any atom is -0.496 e. The van der Waals surface area contributed by atoms with Gasteiger partial charge in [-0.15, -0.1) is 0 Å². The van der Waals surface area contributed by atoms with Crippen molar-refractivity contribution in [2.75, 3.05) is 7.11 Å². The highest BCUT2D eigenvalue weighted by Gasteiger charge is 2.12. The van der Waals surface area contributed by atoms with E-state index < -0.39 is 0 Å². The van der Waals surface area contributed by atoms with Crippen LogP contribution in [0.3, 0.4) is 0 Å². The Morgan fingerprint density at radius 1 is 1.37 bits per heavy atom. The van der Waals surface area contributed by atoms with Crippen molar-refractivity contribution in [2.24, 2.45) is 0 Å². The molecule has 5 heteroatoms. The summed E-state index contributed by atoms with van der Waals surface area (Å²) in [6, 6.07) is 8.31. The molecule has 102 valence electrons. The summed E-state index contributed by atoms with van der Waals surface area (Å²) in [5.74, 6) is 1.26. The lowest BCUT2D eigenvalue weighted by Gasteiger charge is -2.16. The zero-order chi connectivity index (χ0) is 13.8. The van der Waals surface area contributed by atoms with E-state index in [2.05, 4.69) is 27.9 Å². The average molecular weight is 375 g/mol. The van der Waals surface area contributed by atoms with Gasteiger partial charge in [0.2, 0.25) is 0 Å². The number of nitrogens with one attached hydrogen (secondary N) is 1. The van der Waals surface area contributed by atoms with Gasteiger partial charge in [0.1, 0.15) is 17.3 Å². The molecule has 19 heavy (non-hydrogen) atoms. The van der Waals surface area contributed by atoms with Gasteiger partial charge in [-0.25, -0.2) is 4.39 Å². The number of methoxy groups -OCH3 is 1. The summed E-state index contributed by atoms with van der Waals surface area (Å²) in [7, 11) is 1.58. The highest BCUT2D eigenvalue weighted by atomic mass is 127. The zero-order valence-electron chi connectivity index (χ0n) is 10.7. The van der Waals surface area contributed by atoms with E-state index in [4.69, 9.17) is 9.15 Å². The van der Waals surface area contributed by atoms with E-state index in [1.54, 1.807) is 13.2 Å². The molecule has 0 bridgehead atoms. The molecule has 0 amide bonds. The number of rotatable bonds is 5. The number of halogens is 2. The van der Waals surface area contributed by atoms with Crippen LogP contribution in [-0.2, 0) is 6.54 Å². The molecule has 0 saturated carbocycles. The highest BCUT2D eigenvalue weighted by Crippen LogP contribution is 2.26. The average Bonchev–Trinajstić information content (AvgIpc) is 2.81. The largest absolute Gasteiger partial charge is 0.496 e. The first-order valence-corrected chi connectivity index (χ1v) is 6.99. The predicted molar refractivity (Wildman–Crippen MR) is 79.6 cm³/mol. The van der Waals surface area contributed by atoms with Crippen molar-refractivity contribution >= 4 is 22.6 Å². The molecular weight excluding hydrogens is 360 g/mol. The van der Waals surface area contributed by atoms with Gasteiger partial charge in [0.15, 0.2) is 3.77 Å². The fourth-order valence-corrected chi connectivity index (χ4v) is 2.32. The Morgan fingerprint density at radius 3 is 2.79 bits per heavy atom. The molecule has 2 rings (SSSR count). The molecule has 3 nitrogen and oxygen atoms in total. The van der Waals surface area contributed by atoms with Crippen molar-refractivity contribution in [1.29, 1.82) is 0 Å². The molecule has 0 radical (unpaired) electrons. The van der Waals surface area contributed by atoms with Crippen LogP contribution in [0.1, 0.15) is 24.3 Å². The monoisotopic (exact) mass is 375 g/mol. The molecule has 0 spiro atoms. The van der Waals surface area contributed by atoms with Crippen LogP contribution in [0.4, 0.5) is 4.39 Å². The highest BCUT2D eigenvalue weighted by molar-refractivity contribution is 14.1. The first-order valence-electron chi connectivity index (χ1n) is 5.91. The van der Waals surface area contributed by atoms with Crippen LogP contribution >= 0.6 is 22.6 Å². The van der Waals surface area contributed by atoms with E-state index >= 15 is 0 Å². The zero-order valence-corrected chi connectivity index (χ0v) is 12.9. The Balaban J connectivity index is 2.06. The van der Waals surface area contributed by atoms with E-state index in [9.17, 15) is 4.39 Å². The lowest BCUT2D eigenvalue weighted by atomic mass is 10.1. The normalized spacial score (nSPS) is 12.4. The fourth-order valence-electron chi connectivity index (χ4n) is 1.85. The summed E-state index contributed by atoms with van der Waals surface area (Å²) in [6.45, 7) is 2.55. The Kier molecular flexibility index (Phi) is 4.81. The van der Waals surface area contributed by atoms with Crippen molar-refractivity contribution in [1.82, 2.24) is 5.32 Å². The molecular formula is C14H15FINO2. The molecule has 1 N–H and O–H groups in total. The fraction of sp³-hybridized carbons (Fsp3) is 0.286. The summed E-state index contributed by atoms with van der Waals surface area (Å²) in [6.07, 6.45) is 0. The Bertz CT molecular complexity index is 556. The Morgan fingerprint density at radius 2 is 2.16 bits per heavy atom. The van der Waals surface area contributed by atoms with E-state index in [0.29, 0.717) is 12.3 Å². The number of furan rings is 1. The third kappa shape index (κ3) is 3.70. The molecule has 0 aliphatic rings. The summed E-state index contributed by atoms with van der Waals surface area (Å²) < 4.78 is 24.9. The van der Waals surface area contributed by atoms with Gasteiger partial charge in [0.25, 0.3) is 0 Å². The van der Waals surface area contributed by atoms with Gasteiger partial charge in [0, 0.05) is 11.6 Å². The summed E-state index contributed by atoms with van der Waals surface area (Å²) in [5, 5.41) is 3.29. The van der Waals surface area contributed by atoms with Gasteiger partial charge in [0.05, 0.1) is 13.7 Å². The van der Waals surface area contributed by atoms with Crippen molar-refractivity contribution in [2.45, 2.75) is 19.5 Å². The molecule has 0 aliphatic heterocycles. The van der Waals surface area contributed by atoms with Crippen LogP contribution in [0, 0.1) is 9.58 Å². The van der Waals surface area contributed by atoms with Crippen LogP contribution in [0.25, 0.3) is 0 Å². The van der Waals surface area contributed by atoms with Crippen LogP contribution in [-0.4, -0.2) is 7.11 Å². The summed E-state index contributed by atoms with van der Waals surface area (Å²) >= 11 is 2.12. The number of hydrogen-bond acceptors (Lipinski definition) is 3. The lowest BCUT2D eigenvalue weighted by molar-refractivity contribution is 0.395. The van der Waals surface area contributed by atoms with Crippen LogP contribution in [0.5, 0.6) is 5.75 Å². The quantitative estimate of drug-likeness (QED) is 0.806. The number of benzene rings is 1. The maximum Gasteiger partial charge on any atom is 0.164 e. The molecule has 1 heterocycles. The summed E-state index contributed by atoms with van der Waals surface area (Å²) in [5.41, 5.74) is 0.795. The Labute approximate surface area is 125 Å². The second-order valence-corrected chi connectivity index (χ2v) is 5.26. The van der Waals surface area contributed by atoms with Crippen molar-refractivity contribution < 1.29 is 13.5 Å². The van der Waals surface area contributed by atoms with E-state index in [0.717, 1.165) is 15.1 Å². The van der Waals surface area contributed by atoms with Crippen molar-refractivity contribution in [3.63, 3.8) is 0 Å². The van der Waals surface area contributed by atoms with Crippen LogP contribution < -0.4 is 10.1 Å². The first kappa shape index (κ1) is 14.3. The minimum absolute atomic E-state index is 0.0339. The predicted octanol–water partition coefficient (Wildman–Crippen LogP) is 3.88. The van der Waals surface area contributed by atoms with Crippen molar-refractivity contribution in [3.05, 3.63) is 51.2 Å². The van der Waals surface area contributed by atoms with Gasteiger partial charge in [-0.3, -0.25) is 0 Å². The van der Waals surface area contributed by atoms with Gasteiger partial charge in [-0.05, 0) is 59.8 Å². The second-order valence-electron chi connectivity index (χ2n) is 4.19. The molecule has 2 aromatic rings.